The van der Waals surface area contributed by atoms with E-state index in [0.717, 1.165) is 0 Å². The summed E-state index contributed by atoms with van der Waals surface area (Å²) in [6.45, 7) is 13.1. The molecule has 2 radical (unpaired) electrons. The van der Waals surface area contributed by atoms with Gasteiger partial charge in [-0.05, 0) is 24.7 Å². The van der Waals surface area contributed by atoms with Gasteiger partial charge in [0.15, 0.2) is 0 Å². The highest BCUT2D eigenvalue weighted by Gasteiger charge is 1.86. The molecule has 0 saturated heterocycles. The van der Waals surface area contributed by atoms with Crippen LogP contribution >= 0.6 is 0 Å². The summed E-state index contributed by atoms with van der Waals surface area (Å²) in [5, 5.41) is 0. The smallest absolute Gasteiger partial charge is 0.0303 e. The highest BCUT2D eigenvalue weighted by Crippen LogP contribution is 2.03. The third-order valence-electron chi connectivity index (χ3n) is 1.50. The molecule has 0 heterocycles. The summed E-state index contributed by atoms with van der Waals surface area (Å²) < 4.78 is 0. The van der Waals surface area contributed by atoms with Crippen LogP contribution in [0.1, 0.15) is 67.2 Å². The van der Waals surface area contributed by atoms with Gasteiger partial charge < -0.3 is 0 Å². The van der Waals surface area contributed by atoms with E-state index in [4.69, 9.17) is 0 Å². The minimum absolute atomic E-state index is 1.29. The molecule has 74 valence electrons. The second-order valence-electron chi connectivity index (χ2n) is 3.91. The average molecular weight is 170 g/mol. The molecule has 12 heavy (non-hydrogen) atoms. The predicted octanol–water partition coefficient (Wildman–Crippen LogP) is 4.80. The first kappa shape index (κ1) is 14.5. The third kappa shape index (κ3) is 22.5. The summed E-state index contributed by atoms with van der Waals surface area (Å²) in [5.74, 6) is 3.08. The fourth-order valence-corrected chi connectivity index (χ4v) is 1.000. The van der Waals surface area contributed by atoms with Gasteiger partial charge in [0, 0.05) is 0 Å². The average Bonchev–Trinajstić information content (AvgIpc) is 1.87. The van der Waals surface area contributed by atoms with Crippen molar-refractivity contribution in [1.82, 2.24) is 0 Å². The molecule has 0 saturated carbocycles. The van der Waals surface area contributed by atoms with Gasteiger partial charge in [-0.1, -0.05) is 54.4 Å². The van der Waals surface area contributed by atoms with Crippen molar-refractivity contribution in [1.29, 1.82) is 0 Å². The minimum atomic E-state index is 1.29. The maximum Gasteiger partial charge on any atom is -0.0303 e. The lowest BCUT2D eigenvalue weighted by atomic mass is 10.1. The molecule has 0 bridgehead atoms. The van der Waals surface area contributed by atoms with Gasteiger partial charge in [-0.15, -0.1) is 0 Å². The van der Waals surface area contributed by atoms with Crippen LogP contribution in [0.15, 0.2) is 0 Å². The van der Waals surface area contributed by atoms with Crippen LogP contribution in [0.2, 0.25) is 0 Å². The Labute approximate surface area is 79.8 Å². The summed E-state index contributed by atoms with van der Waals surface area (Å²) in [4.78, 5) is 0. The Bertz CT molecular complexity index is 52.4. The zero-order valence-corrected chi connectivity index (χ0v) is 9.83. The van der Waals surface area contributed by atoms with E-state index in [1.165, 1.54) is 37.5 Å². The molecule has 0 aliphatic heterocycles. The largest absolute Gasteiger partial charge is 0.0654 e. The molecule has 0 aromatic rings. The van der Waals surface area contributed by atoms with Gasteiger partial charge in [-0.3, -0.25) is 0 Å². The molecule has 0 unspecified atom stereocenters. The van der Waals surface area contributed by atoms with Crippen LogP contribution in [0.5, 0.6) is 0 Å². The summed E-state index contributed by atoms with van der Waals surface area (Å²) in [6.07, 6.45) is 5.17. The summed E-state index contributed by atoms with van der Waals surface area (Å²) in [6, 6.07) is 0. The Hall–Kier alpha value is 0. The summed E-state index contributed by atoms with van der Waals surface area (Å²) in [5.41, 5.74) is 0. The number of hydrogen-bond donors (Lipinski definition) is 0. The molecular formula is C12H26. The van der Waals surface area contributed by atoms with E-state index in [2.05, 4.69) is 41.5 Å². The molecule has 0 aromatic heterocycles. The molecule has 0 heteroatoms. The molecule has 0 fully saturated rings. The first-order valence-electron chi connectivity index (χ1n) is 5.12. The van der Waals surface area contributed by atoms with Gasteiger partial charge in [0.25, 0.3) is 0 Å². The maximum atomic E-state index is 2.20. The van der Waals surface area contributed by atoms with Crippen molar-refractivity contribution in [2.45, 2.75) is 67.2 Å². The topological polar surface area (TPSA) is 0 Å². The van der Waals surface area contributed by atoms with Gasteiger partial charge in [0.2, 0.25) is 0 Å². The quantitative estimate of drug-likeness (QED) is 0.568. The van der Waals surface area contributed by atoms with E-state index in [1.807, 2.05) is 0 Å². The Morgan fingerprint density at radius 3 is 0.917 bits per heavy atom. The van der Waals surface area contributed by atoms with Crippen LogP contribution in [0.25, 0.3) is 0 Å². The molecule has 0 atom stereocenters. The monoisotopic (exact) mass is 170 g/mol. The van der Waals surface area contributed by atoms with Gasteiger partial charge in [-0.2, -0.15) is 0 Å². The maximum absolute atomic E-state index is 2.20. The van der Waals surface area contributed by atoms with Crippen molar-refractivity contribution in [2.75, 3.05) is 0 Å². The molecule has 0 aliphatic carbocycles. The van der Waals surface area contributed by atoms with Crippen LogP contribution in [0, 0.1) is 11.8 Å². The molecule has 0 nitrogen and oxygen atoms in total. The van der Waals surface area contributed by atoms with E-state index >= 15 is 0 Å². The van der Waals surface area contributed by atoms with Crippen LogP contribution in [0.4, 0.5) is 0 Å². The van der Waals surface area contributed by atoms with Crippen molar-refractivity contribution in [3.8, 4) is 0 Å². The Morgan fingerprint density at radius 2 is 0.917 bits per heavy atom. The Morgan fingerprint density at radius 1 is 0.667 bits per heavy atom. The lowest BCUT2D eigenvalue weighted by molar-refractivity contribution is 0.807. The first-order chi connectivity index (χ1) is 5.54. The molecule has 0 amide bonds. The minimum Gasteiger partial charge on any atom is -0.0654 e. The molecule has 0 aliphatic rings. The standard InChI is InChI=1S/2C6H13/c2*1-4-5-6(2)3/h2*4-5H2,1-3H3. The van der Waals surface area contributed by atoms with E-state index < -0.39 is 0 Å². The van der Waals surface area contributed by atoms with E-state index in [-0.39, 0.29) is 0 Å². The third-order valence-corrected chi connectivity index (χ3v) is 1.50. The predicted molar refractivity (Wildman–Crippen MR) is 59.0 cm³/mol. The van der Waals surface area contributed by atoms with Crippen molar-refractivity contribution in [3.63, 3.8) is 0 Å². The second kappa shape index (κ2) is 11.0. The fourth-order valence-electron chi connectivity index (χ4n) is 1.000. The first-order valence-corrected chi connectivity index (χ1v) is 5.12. The van der Waals surface area contributed by atoms with Crippen molar-refractivity contribution in [3.05, 3.63) is 11.8 Å². The SMILES string of the molecule is CCC[C](C)C.CCC[C](C)C. The normalized spacial score (nSPS) is 10.0. The van der Waals surface area contributed by atoms with Gasteiger partial charge >= 0.3 is 0 Å². The van der Waals surface area contributed by atoms with Crippen molar-refractivity contribution >= 4 is 0 Å². The van der Waals surface area contributed by atoms with E-state index in [1.54, 1.807) is 0 Å². The molecular weight excluding hydrogens is 144 g/mol. The van der Waals surface area contributed by atoms with Crippen LogP contribution < -0.4 is 0 Å². The zero-order chi connectivity index (χ0) is 9.98. The molecule has 0 aromatic carbocycles. The number of rotatable bonds is 4. The molecule has 0 N–H and O–H groups in total. The Kier molecular flexibility index (Phi) is 13.3. The lowest BCUT2D eigenvalue weighted by Crippen LogP contribution is -1.78. The fraction of sp³-hybridized carbons (Fsp3) is 0.833. The molecule has 0 spiro atoms. The summed E-state index contributed by atoms with van der Waals surface area (Å²) in [7, 11) is 0. The Balaban J connectivity index is 0. The van der Waals surface area contributed by atoms with Gasteiger partial charge in [0.05, 0.1) is 0 Å². The van der Waals surface area contributed by atoms with Crippen LogP contribution in [-0.4, -0.2) is 0 Å². The van der Waals surface area contributed by atoms with Gasteiger partial charge in [-0.25, -0.2) is 0 Å². The van der Waals surface area contributed by atoms with E-state index in [9.17, 15) is 0 Å². The van der Waals surface area contributed by atoms with Crippen molar-refractivity contribution < 1.29 is 0 Å². The van der Waals surface area contributed by atoms with Crippen molar-refractivity contribution in [2.24, 2.45) is 0 Å². The molecule has 0 rings (SSSR count). The van der Waals surface area contributed by atoms with E-state index in [0.29, 0.717) is 0 Å². The number of hydrogen-bond acceptors (Lipinski definition) is 0. The highest BCUT2D eigenvalue weighted by molar-refractivity contribution is 4.74. The van der Waals surface area contributed by atoms with Crippen LogP contribution in [0.3, 0.4) is 0 Å². The second-order valence-corrected chi connectivity index (χ2v) is 3.91. The van der Waals surface area contributed by atoms with Gasteiger partial charge in [0.1, 0.15) is 0 Å². The van der Waals surface area contributed by atoms with Crippen LogP contribution in [-0.2, 0) is 0 Å². The zero-order valence-electron chi connectivity index (χ0n) is 9.83. The summed E-state index contributed by atoms with van der Waals surface area (Å²) >= 11 is 0. The highest BCUT2D eigenvalue weighted by atomic mass is 13.9. The lowest BCUT2D eigenvalue weighted by Gasteiger charge is -1.95.